The van der Waals surface area contributed by atoms with E-state index in [1.807, 2.05) is 60.7 Å². The van der Waals surface area contributed by atoms with E-state index in [9.17, 15) is 19.1 Å². The van der Waals surface area contributed by atoms with Crippen LogP contribution in [0.1, 0.15) is 29.9 Å². The van der Waals surface area contributed by atoms with Crippen molar-refractivity contribution in [3.8, 4) is 17.2 Å². The van der Waals surface area contributed by atoms with E-state index in [-0.39, 0.29) is 30.5 Å². The number of fused-ring (bicyclic) bond motifs is 3. The number of nitrogens with one attached hydrogen (secondary N) is 3. The molecular weight excluding hydrogens is 565 g/mol. The van der Waals surface area contributed by atoms with Crippen LogP contribution < -0.4 is 25.4 Å². The van der Waals surface area contributed by atoms with Gasteiger partial charge in [-0.15, -0.1) is 0 Å². The number of hydrogen-bond donors (Lipinski definition) is 4. The van der Waals surface area contributed by atoms with Crippen molar-refractivity contribution in [1.29, 1.82) is 0 Å². The highest BCUT2D eigenvalue weighted by Gasteiger charge is 2.46. The average Bonchev–Trinajstić information content (AvgIpc) is 3.40. The summed E-state index contributed by atoms with van der Waals surface area (Å²) >= 11 is 0. The molecule has 0 aromatic heterocycles. The number of hydrogen-bond acceptors (Lipinski definition) is 6. The molecule has 226 valence electrons. The molecule has 0 spiro atoms. The summed E-state index contributed by atoms with van der Waals surface area (Å²) in [5, 5.41) is 18.2. The Kier molecular flexibility index (Phi) is 8.71. The van der Waals surface area contributed by atoms with E-state index in [1.54, 1.807) is 24.3 Å². The number of halogens is 1. The number of ether oxygens (including phenoxy) is 3. The van der Waals surface area contributed by atoms with E-state index < -0.39 is 30.2 Å². The van der Waals surface area contributed by atoms with Gasteiger partial charge in [0.2, 0.25) is 5.91 Å². The average molecular weight is 598 g/mol. The number of urea groups is 1. The van der Waals surface area contributed by atoms with Crippen LogP contribution in [0.4, 0.5) is 20.6 Å². The van der Waals surface area contributed by atoms with Crippen molar-refractivity contribution in [2.24, 2.45) is 0 Å². The van der Waals surface area contributed by atoms with Gasteiger partial charge in [0.1, 0.15) is 35.3 Å². The Morgan fingerprint density at radius 2 is 1.66 bits per heavy atom. The molecule has 0 saturated carbocycles. The number of para-hydroxylation sites is 2. The molecule has 4 N–H and O–H groups in total. The van der Waals surface area contributed by atoms with Crippen molar-refractivity contribution in [2.45, 2.75) is 43.6 Å². The highest BCUT2D eigenvalue weighted by molar-refractivity contribution is 6.00. The van der Waals surface area contributed by atoms with Crippen molar-refractivity contribution in [3.05, 3.63) is 114 Å². The molecule has 2 heterocycles. The maximum absolute atomic E-state index is 13.9. The van der Waals surface area contributed by atoms with Gasteiger partial charge in [0.15, 0.2) is 0 Å². The van der Waals surface area contributed by atoms with Gasteiger partial charge >= 0.3 is 6.03 Å². The zero-order valence-electron chi connectivity index (χ0n) is 23.7. The van der Waals surface area contributed by atoms with Crippen LogP contribution in [0.2, 0.25) is 0 Å². The normalized spacial score (nSPS) is 20.0. The minimum Gasteiger partial charge on any atom is -0.487 e. The second-order valence-electron chi connectivity index (χ2n) is 10.8. The molecule has 4 aromatic carbocycles. The first kappa shape index (κ1) is 29.2. The second-order valence-corrected chi connectivity index (χ2v) is 10.8. The van der Waals surface area contributed by atoms with Gasteiger partial charge in [-0.3, -0.25) is 4.79 Å². The van der Waals surface area contributed by atoms with Crippen molar-refractivity contribution < 1.29 is 33.3 Å². The predicted molar refractivity (Wildman–Crippen MR) is 162 cm³/mol. The number of amides is 3. The SMILES string of the molecule is O=C(C[C@@H]1C[C@H]2c3cc(NC(=O)Nc4ccccc4F)ccc3O[C@H]2[C@H](CO)O1)NCc1ccc(Oc2ccccc2)cc1. The third-order valence-electron chi connectivity index (χ3n) is 7.68. The van der Waals surface area contributed by atoms with Crippen LogP contribution in [0.15, 0.2) is 97.1 Å². The van der Waals surface area contributed by atoms with Gasteiger partial charge in [0, 0.05) is 23.7 Å². The standard InChI is InChI=1S/C34H32FN3O6/c35-28-8-4-5-9-29(28)38-34(41)37-22-12-15-30-26(16-22)27-17-25(43-31(20-39)33(27)44-30)18-32(40)36-19-21-10-13-24(14-11-21)42-23-6-2-1-3-7-23/h1-16,25,27,31,33,39H,17-20H2,(H,36,40)(H2,37,38,41)/t25-,27-,31-,33+/m0/s1. The van der Waals surface area contributed by atoms with Gasteiger partial charge < -0.3 is 35.3 Å². The number of rotatable bonds is 9. The third kappa shape index (κ3) is 6.82. The summed E-state index contributed by atoms with van der Waals surface area (Å²) in [6.07, 6.45) is -0.860. The van der Waals surface area contributed by atoms with E-state index >= 15 is 0 Å². The lowest BCUT2D eigenvalue weighted by Gasteiger charge is -2.37. The Morgan fingerprint density at radius 3 is 2.43 bits per heavy atom. The van der Waals surface area contributed by atoms with E-state index in [0.29, 0.717) is 30.2 Å². The smallest absolute Gasteiger partial charge is 0.323 e. The summed E-state index contributed by atoms with van der Waals surface area (Å²) in [5.41, 5.74) is 2.35. The van der Waals surface area contributed by atoms with E-state index in [1.165, 1.54) is 12.1 Å². The summed E-state index contributed by atoms with van der Waals surface area (Å²) in [4.78, 5) is 25.4. The highest BCUT2D eigenvalue weighted by Crippen LogP contribution is 2.47. The Bertz CT molecular complexity index is 1620. The largest absolute Gasteiger partial charge is 0.487 e. The maximum Gasteiger partial charge on any atom is 0.323 e. The van der Waals surface area contributed by atoms with Crippen molar-refractivity contribution in [3.63, 3.8) is 0 Å². The predicted octanol–water partition coefficient (Wildman–Crippen LogP) is 5.96. The molecule has 10 heteroatoms. The Morgan fingerprint density at radius 1 is 0.909 bits per heavy atom. The van der Waals surface area contributed by atoms with Crippen molar-refractivity contribution in [1.82, 2.24) is 5.32 Å². The molecule has 3 amide bonds. The van der Waals surface area contributed by atoms with Crippen molar-refractivity contribution >= 4 is 23.3 Å². The van der Waals surface area contributed by atoms with Crippen LogP contribution in [-0.4, -0.2) is 42.0 Å². The molecule has 0 unspecified atom stereocenters. The first-order valence-corrected chi connectivity index (χ1v) is 14.4. The lowest BCUT2D eigenvalue weighted by Crippen LogP contribution is -2.47. The fourth-order valence-corrected chi connectivity index (χ4v) is 5.59. The number of carbonyl (C=O) groups excluding carboxylic acids is 2. The number of carbonyl (C=O) groups is 2. The van der Waals surface area contributed by atoms with Crippen LogP contribution >= 0.6 is 0 Å². The van der Waals surface area contributed by atoms with Crippen molar-refractivity contribution in [2.75, 3.05) is 17.2 Å². The zero-order valence-corrected chi connectivity index (χ0v) is 23.7. The van der Waals surface area contributed by atoms with Crippen LogP contribution in [-0.2, 0) is 16.1 Å². The number of aliphatic hydroxyl groups is 1. The lowest BCUT2D eigenvalue weighted by molar-refractivity contribution is -0.142. The molecule has 1 saturated heterocycles. The summed E-state index contributed by atoms with van der Waals surface area (Å²) in [7, 11) is 0. The minimum absolute atomic E-state index is 0.0694. The van der Waals surface area contributed by atoms with Gasteiger partial charge in [-0.1, -0.05) is 42.5 Å². The quantitative estimate of drug-likeness (QED) is 0.189. The molecule has 2 aliphatic rings. The maximum atomic E-state index is 13.9. The Labute approximate surface area is 254 Å². The monoisotopic (exact) mass is 597 g/mol. The van der Waals surface area contributed by atoms with Gasteiger partial charge in [-0.05, 0) is 66.6 Å². The summed E-state index contributed by atoms with van der Waals surface area (Å²) in [6, 6.07) is 27.6. The number of aliphatic hydroxyl groups excluding tert-OH is 1. The van der Waals surface area contributed by atoms with Gasteiger partial charge in [-0.25, -0.2) is 9.18 Å². The Balaban J connectivity index is 1.05. The molecule has 1 fully saturated rings. The summed E-state index contributed by atoms with van der Waals surface area (Å²) in [6.45, 7) is 0.0867. The van der Waals surface area contributed by atoms with Gasteiger partial charge in [-0.2, -0.15) is 0 Å². The van der Waals surface area contributed by atoms with Gasteiger partial charge in [0.25, 0.3) is 0 Å². The van der Waals surface area contributed by atoms with E-state index in [4.69, 9.17) is 14.2 Å². The first-order chi connectivity index (χ1) is 21.4. The van der Waals surface area contributed by atoms with Crippen LogP contribution in [0.3, 0.4) is 0 Å². The van der Waals surface area contributed by atoms with E-state index in [0.717, 1.165) is 16.9 Å². The zero-order chi connectivity index (χ0) is 30.5. The highest BCUT2D eigenvalue weighted by atomic mass is 19.1. The minimum atomic E-state index is -0.614. The van der Waals surface area contributed by atoms with Gasteiger partial charge in [0.05, 0.1) is 24.8 Å². The molecule has 44 heavy (non-hydrogen) atoms. The molecule has 4 aromatic rings. The van der Waals surface area contributed by atoms with Crippen LogP contribution in [0.5, 0.6) is 17.2 Å². The molecule has 9 nitrogen and oxygen atoms in total. The molecular formula is C34H32FN3O6. The summed E-state index contributed by atoms with van der Waals surface area (Å²) < 4.78 is 32.0. The lowest BCUT2D eigenvalue weighted by atomic mass is 9.84. The van der Waals surface area contributed by atoms with E-state index in [2.05, 4.69) is 16.0 Å². The number of benzene rings is 4. The molecule has 2 aliphatic heterocycles. The second kappa shape index (κ2) is 13.2. The molecule has 0 aliphatic carbocycles. The summed E-state index contributed by atoms with van der Waals surface area (Å²) in [5.74, 6) is 1.22. The molecule has 6 rings (SSSR count). The molecule has 4 atom stereocenters. The Hall–Kier alpha value is -4.93. The first-order valence-electron chi connectivity index (χ1n) is 14.4. The third-order valence-corrected chi connectivity index (χ3v) is 7.68. The fourth-order valence-electron chi connectivity index (χ4n) is 5.59. The van der Waals surface area contributed by atoms with Crippen LogP contribution in [0, 0.1) is 5.82 Å². The number of anilines is 2. The molecule has 0 bridgehead atoms. The van der Waals surface area contributed by atoms with Crippen LogP contribution in [0.25, 0.3) is 0 Å². The topological polar surface area (TPSA) is 118 Å². The fraction of sp³-hybridized carbons (Fsp3) is 0.235. The molecule has 0 radical (unpaired) electrons.